The van der Waals surface area contributed by atoms with Gasteiger partial charge in [-0.25, -0.2) is 0 Å². The third kappa shape index (κ3) is 4.14. The summed E-state index contributed by atoms with van der Waals surface area (Å²) >= 11 is 0. The van der Waals surface area contributed by atoms with E-state index in [1.165, 1.54) is 6.92 Å². The zero-order chi connectivity index (χ0) is 20.4. The molecule has 1 fully saturated rings. The van der Waals surface area contributed by atoms with Crippen molar-refractivity contribution < 1.29 is 19.1 Å². The van der Waals surface area contributed by atoms with Gasteiger partial charge in [0.1, 0.15) is 5.69 Å². The number of para-hydroxylation sites is 1. The van der Waals surface area contributed by atoms with E-state index in [1.54, 1.807) is 53.0 Å². The van der Waals surface area contributed by atoms with Gasteiger partial charge in [-0.05, 0) is 39.0 Å². The van der Waals surface area contributed by atoms with E-state index in [0.717, 1.165) is 0 Å². The van der Waals surface area contributed by atoms with E-state index in [1.807, 2.05) is 13.8 Å². The molecule has 0 unspecified atom stereocenters. The first-order chi connectivity index (χ1) is 13.3. The topological polar surface area (TPSA) is 80.6 Å². The summed E-state index contributed by atoms with van der Waals surface area (Å²) in [6.45, 7) is 6.34. The van der Waals surface area contributed by atoms with Crippen LogP contribution in [0, 0.1) is 0 Å². The number of hydrogen-bond donors (Lipinski definition) is 1. The number of carbonyl (C=O) groups is 3. The second-order valence-corrected chi connectivity index (χ2v) is 7.25. The number of benzene rings is 1. The van der Waals surface area contributed by atoms with Crippen molar-refractivity contribution in [2.75, 3.05) is 18.4 Å². The van der Waals surface area contributed by atoms with Gasteiger partial charge < -0.3 is 19.5 Å². The summed E-state index contributed by atoms with van der Waals surface area (Å²) in [6, 6.07) is 8.49. The van der Waals surface area contributed by atoms with Crippen molar-refractivity contribution in [3.63, 3.8) is 0 Å². The second-order valence-electron chi connectivity index (χ2n) is 7.25. The molecule has 148 valence electrons. The molecule has 3 rings (SSSR count). The molecule has 1 aromatic carbocycles. The quantitative estimate of drug-likeness (QED) is 0.823. The molecule has 1 aromatic heterocycles. The number of ether oxygens (including phenoxy) is 1. The van der Waals surface area contributed by atoms with Crippen molar-refractivity contribution in [1.82, 2.24) is 9.47 Å². The van der Waals surface area contributed by atoms with Gasteiger partial charge in [0.2, 0.25) is 0 Å². The molecule has 1 saturated heterocycles. The van der Waals surface area contributed by atoms with Crippen LogP contribution in [-0.2, 0) is 11.8 Å². The number of nitrogens with one attached hydrogen (secondary N) is 1. The van der Waals surface area contributed by atoms with E-state index in [0.29, 0.717) is 35.6 Å². The highest BCUT2D eigenvalue weighted by Crippen LogP contribution is 2.21. The SMILES string of the molecule is CC(=O)c1cc(C(=O)Nc2ccccc2C(=O)N2C[C@H](C)O[C@@H](C)C2)n(C)c1. The van der Waals surface area contributed by atoms with Crippen LogP contribution in [0.25, 0.3) is 0 Å². The Morgan fingerprint density at radius 1 is 1.11 bits per heavy atom. The summed E-state index contributed by atoms with van der Waals surface area (Å²) in [7, 11) is 1.70. The fourth-order valence-electron chi connectivity index (χ4n) is 3.46. The third-order valence-corrected chi connectivity index (χ3v) is 4.76. The smallest absolute Gasteiger partial charge is 0.272 e. The van der Waals surface area contributed by atoms with Gasteiger partial charge in [0.25, 0.3) is 11.8 Å². The van der Waals surface area contributed by atoms with Crippen molar-refractivity contribution in [2.24, 2.45) is 7.05 Å². The second kappa shape index (κ2) is 7.98. The first kappa shape index (κ1) is 19.8. The predicted molar refractivity (Wildman–Crippen MR) is 106 cm³/mol. The summed E-state index contributed by atoms with van der Waals surface area (Å²) in [5, 5.41) is 2.81. The number of ketones is 1. The minimum absolute atomic E-state index is 0.0391. The van der Waals surface area contributed by atoms with E-state index in [2.05, 4.69) is 5.32 Å². The average molecular weight is 383 g/mol. The minimum Gasteiger partial charge on any atom is -0.372 e. The van der Waals surface area contributed by atoms with E-state index in [9.17, 15) is 14.4 Å². The molecule has 0 saturated carbocycles. The number of Topliss-reactive ketones (excluding diaryl/α,β-unsaturated/α-hetero) is 1. The molecule has 1 N–H and O–H groups in total. The lowest BCUT2D eigenvalue weighted by Gasteiger charge is -2.35. The molecule has 1 aliphatic heterocycles. The Hall–Kier alpha value is -2.93. The van der Waals surface area contributed by atoms with Crippen LogP contribution in [0.1, 0.15) is 52.0 Å². The average Bonchev–Trinajstić information content (AvgIpc) is 3.03. The largest absolute Gasteiger partial charge is 0.372 e. The van der Waals surface area contributed by atoms with Crippen LogP contribution in [0.5, 0.6) is 0 Å². The Morgan fingerprint density at radius 2 is 1.75 bits per heavy atom. The molecule has 0 bridgehead atoms. The molecule has 28 heavy (non-hydrogen) atoms. The number of aryl methyl sites for hydroxylation is 1. The highest BCUT2D eigenvalue weighted by Gasteiger charge is 2.28. The Kier molecular flexibility index (Phi) is 5.65. The molecule has 2 atom stereocenters. The molecule has 7 heteroatoms. The minimum atomic E-state index is -0.376. The predicted octanol–water partition coefficient (Wildman–Crippen LogP) is 2.73. The van der Waals surface area contributed by atoms with Crippen LogP contribution in [0.2, 0.25) is 0 Å². The molecule has 0 aliphatic carbocycles. The van der Waals surface area contributed by atoms with Gasteiger partial charge in [-0.15, -0.1) is 0 Å². The van der Waals surface area contributed by atoms with Gasteiger partial charge in [0, 0.05) is 31.9 Å². The monoisotopic (exact) mass is 383 g/mol. The lowest BCUT2D eigenvalue weighted by molar-refractivity contribution is -0.0585. The maximum atomic E-state index is 13.1. The fraction of sp³-hybridized carbons (Fsp3) is 0.381. The highest BCUT2D eigenvalue weighted by molar-refractivity contribution is 6.09. The van der Waals surface area contributed by atoms with Gasteiger partial charge in [0.15, 0.2) is 5.78 Å². The van der Waals surface area contributed by atoms with Crippen molar-refractivity contribution in [3.05, 3.63) is 53.3 Å². The Labute approximate surface area is 164 Å². The molecule has 7 nitrogen and oxygen atoms in total. The normalized spacial score (nSPS) is 19.4. The number of nitrogens with zero attached hydrogens (tertiary/aromatic N) is 2. The Balaban J connectivity index is 1.83. The summed E-state index contributed by atoms with van der Waals surface area (Å²) in [5.74, 6) is -0.631. The number of rotatable bonds is 4. The zero-order valence-corrected chi connectivity index (χ0v) is 16.6. The van der Waals surface area contributed by atoms with Gasteiger partial charge in [0.05, 0.1) is 23.5 Å². The fourth-order valence-corrected chi connectivity index (χ4v) is 3.46. The summed E-state index contributed by atoms with van der Waals surface area (Å²) in [5.41, 5.74) is 1.68. The van der Waals surface area contributed by atoms with E-state index in [-0.39, 0.29) is 29.8 Å². The maximum absolute atomic E-state index is 13.1. The van der Waals surface area contributed by atoms with Crippen molar-refractivity contribution in [2.45, 2.75) is 33.0 Å². The van der Waals surface area contributed by atoms with Crippen LogP contribution in [0.3, 0.4) is 0 Å². The van der Waals surface area contributed by atoms with Gasteiger partial charge in [-0.1, -0.05) is 12.1 Å². The summed E-state index contributed by atoms with van der Waals surface area (Å²) in [6.07, 6.45) is 1.54. The van der Waals surface area contributed by atoms with Gasteiger partial charge in [-0.3, -0.25) is 14.4 Å². The standard InChI is InChI=1S/C21H25N3O4/c1-13-10-24(11-14(2)28-13)21(27)17-7-5-6-8-18(17)22-20(26)19-9-16(15(3)25)12-23(19)4/h5-9,12-14H,10-11H2,1-4H3,(H,22,26)/t13-,14-/m0/s1. The number of carbonyl (C=O) groups excluding carboxylic acids is 3. The molecule has 2 heterocycles. The first-order valence-electron chi connectivity index (χ1n) is 9.28. The van der Waals surface area contributed by atoms with Crippen LogP contribution in [0.4, 0.5) is 5.69 Å². The number of amides is 2. The van der Waals surface area contributed by atoms with Crippen LogP contribution >= 0.6 is 0 Å². The lowest BCUT2D eigenvalue weighted by atomic mass is 10.1. The third-order valence-electron chi connectivity index (χ3n) is 4.76. The molecule has 2 aromatic rings. The van der Waals surface area contributed by atoms with Crippen LogP contribution in [0.15, 0.2) is 36.5 Å². The molecule has 0 spiro atoms. The van der Waals surface area contributed by atoms with E-state index >= 15 is 0 Å². The maximum Gasteiger partial charge on any atom is 0.272 e. The van der Waals surface area contributed by atoms with Crippen LogP contribution in [-0.4, -0.2) is 52.4 Å². The van der Waals surface area contributed by atoms with Gasteiger partial charge >= 0.3 is 0 Å². The molecule has 2 amide bonds. The molecular formula is C21H25N3O4. The van der Waals surface area contributed by atoms with E-state index in [4.69, 9.17) is 4.74 Å². The number of aromatic nitrogens is 1. The summed E-state index contributed by atoms with van der Waals surface area (Å²) in [4.78, 5) is 39.1. The van der Waals surface area contributed by atoms with Crippen molar-refractivity contribution in [1.29, 1.82) is 0 Å². The number of anilines is 1. The lowest BCUT2D eigenvalue weighted by Crippen LogP contribution is -2.48. The van der Waals surface area contributed by atoms with E-state index < -0.39 is 0 Å². The molecule has 0 radical (unpaired) electrons. The number of hydrogen-bond acceptors (Lipinski definition) is 4. The Bertz CT molecular complexity index is 908. The van der Waals surface area contributed by atoms with Gasteiger partial charge in [-0.2, -0.15) is 0 Å². The molecule has 1 aliphatic rings. The van der Waals surface area contributed by atoms with Crippen molar-refractivity contribution in [3.8, 4) is 0 Å². The Morgan fingerprint density at radius 3 is 2.36 bits per heavy atom. The number of morpholine rings is 1. The first-order valence-corrected chi connectivity index (χ1v) is 9.28. The molecular weight excluding hydrogens is 358 g/mol. The van der Waals surface area contributed by atoms with Crippen molar-refractivity contribution >= 4 is 23.3 Å². The van der Waals surface area contributed by atoms with Crippen LogP contribution < -0.4 is 5.32 Å². The zero-order valence-electron chi connectivity index (χ0n) is 16.6. The highest BCUT2D eigenvalue weighted by atomic mass is 16.5. The summed E-state index contributed by atoms with van der Waals surface area (Å²) < 4.78 is 7.29.